The summed E-state index contributed by atoms with van der Waals surface area (Å²) in [6.07, 6.45) is 6.95. The lowest BCUT2D eigenvalue weighted by molar-refractivity contribution is 0.252. The van der Waals surface area contributed by atoms with Crippen molar-refractivity contribution in [3.05, 3.63) is 55.2 Å². The molecule has 0 aliphatic rings. The lowest BCUT2D eigenvalue weighted by atomic mass is 10.0. The number of urea groups is 1. The van der Waals surface area contributed by atoms with Crippen LogP contribution < -0.4 is 10.6 Å². The summed E-state index contributed by atoms with van der Waals surface area (Å²) in [5.41, 5.74) is 5.24. The molecule has 3 N–H and O–H groups in total. The number of hydrogen-bond acceptors (Lipinski definition) is 6. The number of rotatable bonds is 4. The van der Waals surface area contributed by atoms with Crippen LogP contribution in [0.1, 0.15) is 6.92 Å². The highest BCUT2D eigenvalue weighted by atomic mass is 32.1. The standard InChI is InChI=1S/C21H17N7OS/c1-2-23-20(29)28-21-27-16-9-13(12-4-3-6-22-10-12)8-15(18(16)30-21)17-14-5-7-24-19(14)26-11-25-17/h3-11H,2H2,1H3,(H,24,25,26)(H2,23,27,28,29). The van der Waals surface area contributed by atoms with Crippen molar-refractivity contribution in [2.75, 3.05) is 11.9 Å². The van der Waals surface area contributed by atoms with Gasteiger partial charge in [-0.05, 0) is 36.8 Å². The topological polar surface area (TPSA) is 108 Å². The molecular weight excluding hydrogens is 398 g/mol. The predicted molar refractivity (Wildman–Crippen MR) is 118 cm³/mol. The second-order valence-corrected chi connectivity index (χ2v) is 7.58. The molecule has 8 nitrogen and oxygen atoms in total. The minimum Gasteiger partial charge on any atom is -0.346 e. The van der Waals surface area contributed by atoms with Crippen LogP contribution >= 0.6 is 11.3 Å². The van der Waals surface area contributed by atoms with E-state index in [-0.39, 0.29) is 6.03 Å². The van der Waals surface area contributed by atoms with E-state index in [0.29, 0.717) is 11.7 Å². The van der Waals surface area contributed by atoms with Gasteiger partial charge in [0, 0.05) is 41.6 Å². The van der Waals surface area contributed by atoms with E-state index < -0.39 is 0 Å². The van der Waals surface area contributed by atoms with Crippen LogP contribution in [0.5, 0.6) is 0 Å². The van der Waals surface area contributed by atoms with E-state index in [1.54, 1.807) is 12.5 Å². The number of amides is 2. The van der Waals surface area contributed by atoms with E-state index >= 15 is 0 Å². The second kappa shape index (κ2) is 7.53. The minimum atomic E-state index is -0.277. The molecule has 0 saturated heterocycles. The third-order valence-electron chi connectivity index (χ3n) is 4.65. The van der Waals surface area contributed by atoms with Gasteiger partial charge >= 0.3 is 6.03 Å². The molecule has 148 valence electrons. The number of nitrogens with one attached hydrogen (secondary N) is 3. The van der Waals surface area contributed by atoms with Crippen molar-refractivity contribution in [3.8, 4) is 22.4 Å². The Bertz CT molecular complexity index is 1360. The van der Waals surface area contributed by atoms with Crippen LogP contribution in [0.3, 0.4) is 0 Å². The van der Waals surface area contributed by atoms with Crippen molar-refractivity contribution in [2.24, 2.45) is 0 Å². The van der Waals surface area contributed by atoms with Gasteiger partial charge in [0.1, 0.15) is 12.0 Å². The number of pyridine rings is 1. The first-order chi connectivity index (χ1) is 14.7. The number of anilines is 1. The Labute approximate surface area is 175 Å². The summed E-state index contributed by atoms with van der Waals surface area (Å²) in [6.45, 7) is 2.41. The molecule has 5 rings (SSSR count). The highest BCUT2D eigenvalue weighted by molar-refractivity contribution is 7.22. The molecule has 0 aliphatic heterocycles. The van der Waals surface area contributed by atoms with Gasteiger partial charge in [-0.25, -0.2) is 19.7 Å². The summed E-state index contributed by atoms with van der Waals surface area (Å²) in [5.74, 6) is 0. The van der Waals surface area contributed by atoms with Crippen LogP contribution in [0, 0.1) is 0 Å². The third kappa shape index (κ3) is 3.25. The zero-order chi connectivity index (χ0) is 20.5. The highest BCUT2D eigenvalue weighted by Gasteiger charge is 2.17. The molecule has 4 aromatic heterocycles. The monoisotopic (exact) mass is 415 g/mol. The molecule has 2 amide bonds. The second-order valence-electron chi connectivity index (χ2n) is 6.58. The van der Waals surface area contributed by atoms with Gasteiger partial charge in [-0.3, -0.25) is 10.3 Å². The number of H-pyrrole nitrogens is 1. The Kier molecular flexibility index (Phi) is 4.56. The molecular formula is C21H17N7OS. The summed E-state index contributed by atoms with van der Waals surface area (Å²) in [4.78, 5) is 32.9. The molecule has 9 heteroatoms. The van der Waals surface area contributed by atoms with E-state index in [9.17, 15) is 4.79 Å². The fourth-order valence-electron chi connectivity index (χ4n) is 3.35. The molecule has 0 atom stereocenters. The first kappa shape index (κ1) is 18.2. The van der Waals surface area contributed by atoms with Gasteiger partial charge in [0.05, 0.1) is 15.9 Å². The van der Waals surface area contributed by atoms with Crippen LogP contribution in [-0.2, 0) is 0 Å². The third-order valence-corrected chi connectivity index (χ3v) is 5.67. The Hall–Kier alpha value is -3.85. The van der Waals surface area contributed by atoms with Crippen LogP contribution in [0.25, 0.3) is 43.6 Å². The molecule has 0 fully saturated rings. The Morgan fingerprint density at radius 1 is 1.20 bits per heavy atom. The molecule has 0 saturated carbocycles. The average Bonchev–Trinajstić information content (AvgIpc) is 3.40. The SMILES string of the molecule is CCNC(=O)Nc1nc2cc(-c3cccnc3)cc(-c3ncnc4[nH]ccc34)c2s1. The highest BCUT2D eigenvalue weighted by Crippen LogP contribution is 2.39. The van der Waals surface area contributed by atoms with Gasteiger partial charge < -0.3 is 10.3 Å². The van der Waals surface area contributed by atoms with Crippen molar-refractivity contribution in [2.45, 2.75) is 6.92 Å². The largest absolute Gasteiger partial charge is 0.346 e. The summed E-state index contributed by atoms with van der Waals surface area (Å²) in [5, 5.41) is 6.99. The van der Waals surface area contributed by atoms with Crippen LogP contribution in [-0.4, -0.2) is 37.5 Å². The van der Waals surface area contributed by atoms with Gasteiger partial charge in [-0.1, -0.05) is 17.4 Å². The van der Waals surface area contributed by atoms with Gasteiger partial charge in [-0.2, -0.15) is 0 Å². The molecule has 0 radical (unpaired) electrons. The van der Waals surface area contributed by atoms with Gasteiger partial charge in [0.15, 0.2) is 5.13 Å². The van der Waals surface area contributed by atoms with Gasteiger partial charge in [0.25, 0.3) is 0 Å². The number of aromatic amines is 1. The average molecular weight is 415 g/mol. The molecule has 1 aromatic carbocycles. The number of hydrogen-bond donors (Lipinski definition) is 3. The van der Waals surface area contributed by atoms with E-state index in [4.69, 9.17) is 0 Å². The fourth-order valence-corrected chi connectivity index (χ4v) is 4.31. The number of aromatic nitrogens is 5. The number of carbonyl (C=O) groups is 1. The normalized spacial score (nSPS) is 11.1. The maximum Gasteiger partial charge on any atom is 0.321 e. The van der Waals surface area contributed by atoms with Crippen LogP contribution in [0.4, 0.5) is 9.93 Å². The van der Waals surface area contributed by atoms with E-state index in [1.807, 2.05) is 43.6 Å². The van der Waals surface area contributed by atoms with Crippen molar-refractivity contribution >= 4 is 43.7 Å². The molecule has 5 aromatic rings. The van der Waals surface area contributed by atoms with Gasteiger partial charge in [-0.15, -0.1) is 0 Å². The summed E-state index contributed by atoms with van der Waals surface area (Å²) < 4.78 is 0.940. The first-order valence-electron chi connectivity index (χ1n) is 9.41. The van der Waals surface area contributed by atoms with Gasteiger partial charge in [0.2, 0.25) is 0 Å². The summed E-state index contributed by atoms with van der Waals surface area (Å²) in [7, 11) is 0. The summed E-state index contributed by atoms with van der Waals surface area (Å²) >= 11 is 1.42. The number of benzene rings is 1. The predicted octanol–water partition coefficient (Wildman–Crippen LogP) is 4.44. The number of thiazole rings is 1. The zero-order valence-corrected chi connectivity index (χ0v) is 16.8. The fraction of sp³-hybridized carbons (Fsp3) is 0.0952. The van der Waals surface area contributed by atoms with Crippen molar-refractivity contribution in [1.29, 1.82) is 0 Å². The van der Waals surface area contributed by atoms with E-state index in [1.165, 1.54) is 11.3 Å². The van der Waals surface area contributed by atoms with E-state index in [2.05, 4.69) is 41.6 Å². The maximum absolute atomic E-state index is 12.0. The molecule has 0 unspecified atom stereocenters. The van der Waals surface area contributed by atoms with Crippen LogP contribution in [0.2, 0.25) is 0 Å². The van der Waals surface area contributed by atoms with Crippen molar-refractivity contribution in [1.82, 2.24) is 30.2 Å². The molecule has 30 heavy (non-hydrogen) atoms. The van der Waals surface area contributed by atoms with Crippen molar-refractivity contribution in [3.63, 3.8) is 0 Å². The Morgan fingerprint density at radius 2 is 2.13 bits per heavy atom. The van der Waals surface area contributed by atoms with Crippen molar-refractivity contribution < 1.29 is 4.79 Å². The Morgan fingerprint density at radius 3 is 2.97 bits per heavy atom. The lowest BCUT2D eigenvalue weighted by Crippen LogP contribution is -2.28. The number of carbonyl (C=O) groups excluding carboxylic acids is 1. The Balaban J connectivity index is 1.73. The number of fused-ring (bicyclic) bond motifs is 2. The zero-order valence-electron chi connectivity index (χ0n) is 16.0. The molecule has 0 spiro atoms. The lowest BCUT2D eigenvalue weighted by Gasteiger charge is -2.07. The molecule has 4 heterocycles. The molecule has 0 bridgehead atoms. The van der Waals surface area contributed by atoms with E-state index in [0.717, 1.165) is 43.6 Å². The molecule has 0 aliphatic carbocycles. The first-order valence-corrected chi connectivity index (χ1v) is 10.2. The van der Waals surface area contributed by atoms with Crippen LogP contribution in [0.15, 0.2) is 55.2 Å². The number of nitrogens with zero attached hydrogens (tertiary/aromatic N) is 4. The maximum atomic E-state index is 12.0. The quantitative estimate of drug-likeness (QED) is 0.402. The smallest absolute Gasteiger partial charge is 0.321 e. The minimum absolute atomic E-state index is 0.277. The summed E-state index contributed by atoms with van der Waals surface area (Å²) in [6, 6.07) is 9.68.